The summed E-state index contributed by atoms with van der Waals surface area (Å²) in [5, 5.41) is 21.8. The van der Waals surface area contributed by atoms with Crippen LogP contribution in [0.2, 0.25) is 0 Å². The first kappa shape index (κ1) is 28.0. The van der Waals surface area contributed by atoms with Crippen LogP contribution in [0, 0.1) is 20.2 Å². The smallest absolute Gasteiger partial charge is 0.342 e. The molecular weight excluding hydrogens is 475 g/mol. The van der Waals surface area contributed by atoms with Gasteiger partial charge in [0.15, 0.2) is 0 Å². The summed E-state index contributed by atoms with van der Waals surface area (Å²) in [5.74, 6) is 0.300. The number of nitrogens with zero attached hydrogens (tertiary/aromatic N) is 7. The van der Waals surface area contributed by atoms with Gasteiger partial charge in [-0.3, -0.25) is 0 Å². The molecule has 3 rings (SSSR count). The van der Waals surface area contributed by atoms with Crippen LogP contribution in [0.3, 0.4) is 0 Å². The van der Waals surface area contributed by atoms with E-state index in [2.05, 4.69) is 15.0 Å². The Morgan fingerprint density at radius 1 is 0.821 bits per heavy atom. The van der Waals surface area contributed by atoms with Crippen LogP contribution in [0.15, 0.2) is 30.6 Å². The fourth-order valence-corrected chi connectivity index (χ4v) is 2.30. The van der Waals surface area contributed by atoms with Crippen molar-refractivity contribution in [1.82, 2.24) is 24.1 Å². The standard InChI is InChI=1S/C13H11N7O4.3ClH.V/c1-17-10(19(21)22)6-14-12(17)8-4-3-5-9(16-8)13-15-7-11(18(13)2)20(23)24;;;;/h3-7H,1-2H3;3*1H;/p-3. The van der Waals surface area contributed by atoms with Crippen LogP contribution < -0.4 is 37.2 Å². The molecule has 0 aliphatic carbocycles. The van der Waals surface area contributed by atoms with Crippen molar-refractivity contribution in [2.75, 3.05) is 0 Å². The van der Waals surface area contributed by atoms with Gasteiger partial charge in [0.25, 0.3) is 0 Å². The molecule has 0 spiro atoms. The van der Waals surface area contributed by atoms with Crippen molar-refractivity contribution in [2.24, 2.45) is 14.1 Å². The van der Waals surface area contributed by atoms with Gasteiger partial charge in [-0.15, -0.1) is 0 Å². The van der Waals surface area contributed by atoms with Crippen LogP contribution in [0.5, 0.6) is 0 Å². The van der Waals surface area contributed by atoms with Gasteiger partial charge in [-0.05, 0) is 22.0 Å². The van der Waals surface area contributed by atoms with Gasteiger partial charge in [0, 0.05) is 18.6 Å². The largest absolute Gasteiger partial charge is 1.00 e. The van der Waals surface area contributed by atoms with Crippen LogP contribution in [-0.2, 0) is 32.7 Å². The minimum atomic E-state index is -0.539. The SMILES string of the molecule is Cn1c([N+](=O)[O-])cnc1-c1cccc(-c2ncc([N+](=O)[O-])n2C)n1.[Cl-].[Cl-].[Cl-].[V]. The average molecular weight is 487 g/mol. The Kier molecular flexibility index (Phi) is 11.0. The third-order valence-corrected chi connectivity index (χ3v) is 3.51. The number of imidazole rings is 2. The minimum Gasteiger partial charge on any atom is -1.00 e. The topological polar surface area (TPSA) is 135 Å². The normalized spacial score (nSPS) is 9.21. The summed E-state index contributed by atoms with van der Waals surface area (Å²) < 4.78 is 2.62. The van der Waals surface area contributed by atoms with E-state index in [4.69, 9.17) is 0 Å². The molecule has 3 aromatic heterocycles. The molecule has 28 heavy (non-hydrogen) atoms. The van der Waals surface area contributed by atoms with Crippen molar-refractivity contribution in [2.45, 2.75) is 0 Å². The molecule has 0 aliphatic rings. The molecule has 0 saturated heterocycles. The van der Waals surface area contributed by atoms with Gasteiger partial charge in [-0.1, -0.05) is 6.07 Å². The van der Waals surface area contributed by atoms with Crippen LogP contribution >= 0.6 is 0 Å². The zero-order valence-corrected chi connectivity index (χ0v) is 17.9. The number of hydrogen-bond donors (Lipinski definition) is 0. The summed E-state index contributed by atoms with van der Waals surface area (Å²) in [6.45, 7) is 0. The predicted octanol–water partition coefficient (Wildman–Crippen LogP) is -7.29. The Morgan fingerprint density at radius 3 is 1.46 bits per heavy atom. The van der Waals surface area contributed by atoms with E-state index in [1.807, 2.05) is 0 Å². The van der Waals surface area contributed by atoms with Gasteiger partial charge in [0.2, 0.25) is 11.6 Å². The summed E-state index contributed by atoms with van der Waals surface area (Å²) in [7, 11) is 3.03. The summed E-state index contributed by atoms with van der Waals surface area (Å²) in [5.41, 5.74) is 0.794. The molecule has 0 N–H and O–H groups in total. The molecule has 11 nitrogen and oxygen atoms in total. The molecule has 0 amide bonds. The molecule has 0 saturated carbocycles. The van der Waals surface area contributed by atoms with Gasteiger partial charge in [0.05, 0.1) is 14.1 Å². The fourth-order valence-electron chi connectivity index (χ4n) is 2.30. The average Bonchev–Trinajstić information content (AvgIpc) is 3.10. The molecule has 0 aromatic carbocycles. The second kappa shape index (κ2) is 11.0. The second-order valence-electron chi connectivity index (χ2n) is 4.92. The Morgan fingerprint density at radius 2 is 1.18 bits per heavy atom. The van der Waals surface area contributed by atoms with E-state index in [9.17, 15) is 20.2 Å². The molecule has 0 bridgehead atoms. The van der Waals surface area contributed by atoms with Crippen molar-refractivity contribution >= 4 is 11.6 Å². The molecule has 3 heterocycles. The molecule has 1 radical (unpaired) electrons. The minimum absolute atomic E-state index is 0. The first-order chi connectivity index (χ1) is 11.4. The number of halogens is 3. The molecule has 0 fully saturated rings. The van der Waals surface area contributed by atoms with E-state index < -0.39 is 9.85 Å². The maximum atomic E-state index is 10.9. The second-order valence-corrected chi connectivity index (χ2v) is 4.92. The van der Waals surface area contributed by atoms with Crippen LogP contribution in [0.25, 0.3) is 23.0 Å². The van der Waals surface area contributed by atoms with Crippen molar-refractivity contribution in [3.8, 4) is 23.0 Å². The number of pyridine rings is 1. The maximum absolute atomic E-state index is 10.9. The van der Waals surface area contributed by atoms with Crippen molar-refractivity contribution in [3.05, 3.63) is 50.8 Å². The van der Waals surface area contributed by atoms with E-state index in [-0.39, 0.29) is 67.4 Å². The quantitative estimate of drug-likeness (QED) is 0.264. The van der Waals surface area contributed by atoms with Gasteiger partial charge >= 0.3 is 11.6 Å². The van der Waals surface area contributed by atoms with E-state index in [0.29, 0.717) is 23.0 Å². The zero-order chi connectivity index (χ0) is 17.4. The Bertz CT molecular complexity index is 905. The van der Waals surface area contributed by atoms with E-state index in [1.165, 1.54) is 23.2 Å². The van der Waals surface area contributed by atoms with Gasteiger partial charge in [0.1, 0.15) is 23.8 Å². The van der Waals surface area contributed by atoms with Crippen molar-refractivity contribution in [3.63, 3.8) is 0 Å². The van der Waals surface area contributed by atoms with Crippen molar-refractivity contribution < 1.29 is 65.6 Å². The Labute approximate surface area is 189 Å². The summed E-state index contributed by atoms with van der Waals surface area (Å²) in [4.78, 5) is 33.2. The maximum Gasteiger partial charge on any atom is 0.342 e. The molecule has 151 valence electrons. The van der Waals surface area contributed by atoms with Crippen molar-refractivity contribution in [1.29, 1.82) is 0 Å². The molecule has 0 aliphatic heterocycles. The third-order valence-electron chi connectivity index (χ3n) is 3.51. The molecule has 0 atom stereocenters. The van der Waals surface area contributed by atoms with E-state index >= 15 is 0 Å². The summed E-state index contributed by atoms with van der Waals surface area (Å²) >= 11 is 0. The predicted molar refractivity (Wildman–Crippen MR) is 81.9 cm³/mol. The molecule has 3 aromatic rings. The first-order valence-corrected chi connectivity index (χ1v) is 6.70. The number of hydrogen-bond acceptors (Lipinski definition) is 7. The molecular formula is C13H11Cl3N7O4V-3. The zero-order valence-electron chi connectivity index (χ0n) is 14.2. The number of nitro groups is 2. The summed E-state index contributed by atoms with van der Waals surface area (Å²) in [6.07, 6.45) is 2.30. The first-order valence-electron chi connectivity index (χ1n) is 6.70. The van der Waals surface area contributed by atoms with Crippen LogP contribution in [0.4, 0.5) is 11.6 Å². The van der Waals surface area contributed by atoms with E-state index in [1.54, 1.807) is 18.2 Å². The number of aromatic nitrogens is 5. The molecule has 0 unspecified atom stereocenters. The van der Waals surface area contributed by atoms with Gasteiger partial charge < -0.3 is 57.4 Å². The fraction of sp³-hybridized carbons (Fsp3) is 0.154. The van der Waals surface area contributed by atoms with Gasteiger partial charge in [-0.25, -0.2) is 24.1 Å². The molecule has 15 heteroatoms. The van der Waals surface area contributed by atoms with Crippen LogP contribution in [-0.4, -0.2) is 33.9 Å². The third kappa shape index (κ3) is 5.00. The summed E-state index contributed by atoms with van der Waals surface area (Å²) in [6, 6.07) is 4.97. The number of rotatable bonds is 4. The Hall–Kier alpha value is -2.18. The van der Waals surface area contributed by atoms with E-state index in [0.717, 1.165) is 12.4 Å². The monoisotopic (exact) mass is 485 g/mol. The Balaban J connectivity index is 0. The van der Waals surface area contributed by atoms with Gasteiger partial charge in [-0.2, -0.15) is 0 Å². The van der Waals surface area contributed by atoms with Crippen LogP contribution in [0.1, 0.15) is 0 Å².